The molecule has 0 aliphatic rings. The molecule has 0 aliphatic heterocycles. The first-order valence-electron chi connectivity index (χ1n) is 2.50. The molecule has 0 heterocycles. The van der Waals surface area contributed by atoms with E-state index in [1.165, 1.54) is 0 Å². The average molecular weight is 181 g/mol. The first kappa shape index (κ1) is 10.5. The van der Waals surface area contributed by atoms with E-state index in [-0.39, 0.29) is 0 Å². The summed E-state index contributed by atoms with van der Waals surface area (Å²) in [6, 6.07) is -3.44. The van der Waals surface area contributed by atoms with E-state index in [0.29, 0.717) is 7.05 Å². The quantitative estimate of drug-likeness (QED) is 0.607. The van der Waals surface area contributed by atoms with Crippen molar-refractivity contribution in [2.45, 2.75) is 18.4 Å². The van der Waals surface area contributed by atoms with Crippen LogP contribution in [0.25, 0.3) is 0 Å². The lowest BCUT2D eigenvalue weighted by molar-refractivity contribution is -0.257. The summed E-state index contributed by atoms with van der Waals surface area (Å²) in [7, 11) is 0.603. The molecular formula is C4H5F6N. The SMILES string of the molecule is CNC(C(F)(F)F)C(F)(F)F. The van der Waals surface area contributed by atoms with Gasteiger partial charge in [-0.1, -0.05) is 0 Å². The fourth-order valence-corrected chi connectivity index (χ4v) is 0.513. The lowest BCUT2D eigenvalue weighted by atomic mass is 10.3. The second kappa shape index (κ2) is 2.88. The molecule has 0 spiro atoms. The number of alkyl halides is 6. The molecule has 0 radical (unpaired) electrons. The molecule has 0 unspecified atom stereocenters. The molecule has 0 aromatic carbocycles. The Labute approximate surface area is 58.4 Å². The van der Waals surface area contributed by atoms with Gasteiger partial charge in [-0.05, 0) is 7.05 Å². The van der Waals surface area contributed by atoms with E-state index in [2.05, 4.69) is 0 Å². The molecule has 0 saturated carbocycles. The van der Waals surface area contributed by atoms with Gasteiger partial charge in [0.05, 0.1) is 0 Å². The summed E-state index contributed by atoms with van der Waals surface area (Å²) < 4.78 is 68.6. The van der Waals surface area contributed by atoms with Crippen molar-refractivity contribution in [3.8, 4) is 0 Å². The van der Waals surface area contributed by atoms with E-state index >= 15 is 0 Å². The van der Waals surface area contributed by atoms with Crippen molar-refractivity contribution in [1.82, 2.24) is 5.32 Å². The number of halogens is 6. The highest BCUT2D eigenvalue weighted by atomic mass is 19.4. The van der Waals surface area contributed by atoms with Crippen LogP contribution in [0.4, 0.5) is 26.3 Å². The molecule has 0 aromatic heterocycles. The highest BCUT2D eigenvalue weighted by Gasteiger charge is 2.55. The van der Waals surface area contributed by atoms with Crippen molar-refractivity contribution in [1.29, 1.82) is 0 Å². The second-order valence-electron chi connectivity index (χ2n) is 1.80. The van der Waals surface area contributed by atoms with Crippen molar-refractivity contribution in [3.05, 3.63) is 0 Å². The van der Waals surface area contributed by atoms with Gasteiger partial charge in [0, 0.05) is 0 Å². The van der Waals surface area contributed by atoms with Crippen LogP contribution in [0.5, 0.6) is 0 Å². The van der Waals surface area contributed by atoms with Crippen LogP contribution in [0, 0.1) is 0 Å². The summed E-state index contributed by atoms with van der Waals surface area (Å²) in [4.78, 5) is 0. The highest BCUT2D eigenvalue weighted by molar-refractivity contribution is 4.80. The predicted molar refractivity (Wildman–Crippen MR) is 25.0 cm³/mol. The van der Waals surface area contributed by atoms with Gasteiger partial charge in [0.25, 0.3) is 0 Å². The smallest absolute Gasteiger partial charge is 0.302 e. The Hall–Kier alpha value is -0.460. The lowest BCUT2D eigenvalue weighted by Gasteiger charge is -2.21. The minimum atomic E-state index is -5.28. The molecule has 0 rings (SSSR count). The third kappa shape index (κ3) is 2.96. The van der Waals surface area contributed by atoms with Crippen LogP contribution in [0.1, 0.15) is 0 Å². The van der Waals surface area contributed by atoms with Crippen LogP contribution in [-0.2, 0) is 0 Å². The molecule has 0 bridgehead atoms. The highest BCUT2D eigenvalue weighted by Crippen LogP contribution is 2.32. The molecular weight excluding hydrogens is 176 g/mol. The van der Waals surface area contributed by atoms with Gasteiger partial charge in [-0.25, -0.2) is 0 Å². The first-order chi connectivity index (χ1) is 4.69. The minimum absolute atomic E-state index is 0.603. The molecule has 7 heteroatoms. The predicted octanol–water partition coefficient (Wildman–Crippen LogP) is 1.70. The van der Waals surface area contributed by atoms with E-state index in [1.807, 2.05) is 0 Å². The van der Waals surface area contributed by atoms with E-state index in [1.54, 1.807) is 0 Å². The zero-order chi connectivity index (χ0) is 9.28. The third-order valence-electron chi connectivity index (χ3n) is 0.943. The summed E-state index contributed by atoms with van der Waals surface area (Å²) >= 11 is 0. The summed E-state index contributed by atoms with van der Waals surface area (Å²) in [6.07, 6.45) is -10.6. The summed E-state index contributed by atoms with van der Waals surface area (Å²) in [6.45, 7) is 0. The Kier molecular flexibility index (Phi) is 2.76. The largest absolute Gasteiger partial charge is 0.412 e. The van der Waals surface area contributed by atoms with Gasteiger partial charge in [-0.3, -0.25) is 0 Å². The van der Waals surface area contributed by atoms with Gasteiger partial charge in [-0.15, -0.1) is 0 Å². The molecule has 1 nitrogen and oxygen atoms in total. The van der Waals surface area contributed by atoms with Crippen LogP contribution in [-0.4, -0.2) is 25.4 Å². The van der Waals surface area contributed by atoms with Gasteiger partial charge in [-0.2, -0.15) is 26.3 Å². The zero-order valence-corrected chi connectivity index (χ0v) is 5.35. The number of hydrogen-bond acceptors (Lipinski definition) is 1. The molecule has 0 saturated heterocycles. The first-order valence-corrected chi connectivity index (χ1v) is 2.50. The Morgan fingerprint density at radius 2 is 1.18 bits per heavy atom. The average Bonchev–Trinajstić information content (AvgIpc) is 1.56. The van der Waals surface area contributed by atoms with Gasteiger partial charge < -0.3 is 5.32 Å². The molecule has 0 amide bonds. The Morgan fingerprint density at radius 3 is 1.18 bits per heavy atom. The Balaban J connectivity index is 4.43. The molecule has 0 aliphatic carbocycles. The lowest BCUT2D eigenvalue weighted by Crippen LogP contribution is -2.50. The van der Waals surface area contributed by atoms with E-state index < -0.39 is 18.4 Å². The molecule has 11 heavy (non-hydrogen) atoms. The van der Waals surface area contributed by atoms with Gasteiger partial charge >= 0.3 is 12.4 Å². The molecule has 0 aromatic rings. The van der Waals surface area contributed by atoms with Crippen molar-refractivity contribution >= 4 is 0 Å². The van der Waals surface area contributed by atoms with Crippen LogP contribution >= 0.6 is 0 Å². The maximum atomic E-state index is 11.4. The van der Waals surface area contributed by atoms with Crippen molar-refractivity contribution < 1.29 is 26.3 Å². The summed E-state index contributed by atoms with van der Waals surface area (Å²) in [5, 5.41) is 1.13. The Bertz CT molecular complexity index is 110. The van der Waals surface area contributed by atoms with Gasteiger partial charge in [0.15, 0.2) is 6.04 Å². The van der Waals surface area contributed by atoms with Gasteiger partial charge in [0.2, 0.25) is 0 Å². The van der Waals surface area contributed by atoms with Crippen LogP contribution in [0.2, 0.25) is 0 Å². The number of hydrogen-bond donors (Lipinski definition) is 1. The molecule has 0 fully saturated rings. The summed E-state index contributed by atoms with van der Waals surface area (Å²) in [5.41, 5.74) is 0. The number of rotatable bonds is 1. The van der Waals surface area contributed by atoms with E-state index in [4.69, 9.17) is 0 Å². The van der Waals surface area contributed by atoms with Crippen molar-refractivity contribution in [2.24, 2.45) is 0 Å². The minimum Gasteiger partial charge on any atom is -0.302 e. The van der Waals surface area contributed by atoms with E-state index in [0.717, 1.165) is 5.32 Å². The summed E-state index contributed by atoms with van der Waals surface area (Å²) in [5.74, 6) is 0. The maximum Gasteiger partial charge on any atom is 0.412 e. The van der Waals surface area contributed by atoms with E-state index in [9.17, 15) is 26.3 Å². The standard InChI is InChI=1S/C4H5F6N/c1-11-2(3(5,6)7)4(8,9)10/h2,11H,1H3. The molecule has 0 atom stereocenters. The Morgan fingerprint density at radius 1 is 0.909 bits per heavy atom. The normalized spacial score (nSPS) is 14.2. The monoisotopic (exact) mass is 181 g/mol. The third-order valence-corrected chi connectivity index (χ3v) is 0.943. The topological polar surface area (TPSA) is 12.0 Å². The van der Waals surface area contributed by atoms with Crippen LogP contribution < -0.4 is 5.32 Å². The van der Waals surface area contributed by atoms with Crippen molar-refractivity contribution in [3.63, 3.8) is 0 Å². The number of nitrogens with one attached hydrogen (secondary N) is 1. The second-order valence-corrected chi connectivity index (χ2v) is 1.80. The van der Waals surface area contributed by atoms with Gasteiger partial charge in [0.1, 0.15) is 0 Å². The van der Waals surface area contributed by atoms with Crippen LogP contribution in [0.15, 0.2) is 0 Å². The fraction of sp³-hybridized carbons (Fsp3) is 1.00. The maximum absolute atomic E-state index is 11.4. The molecule has 1 N–H and O–H groups in total. The fourth-order valence-electron chi connectivity index (χ4n) is 0.513. The zero-order valence-electron chi connectivity index (χ0n) is 5.35. The molecule has 68 valence electrons. The van der Waals surface area contributed by atoms with Crippen LogP contribution in [0.3, 0.4) is 0 Å². The van der Waals surface area contributed by atoms with Crippen molar-refractivity contribution in [2.75, 3.05) is 7.05 Å².